The van der Waals surface area contributed by atoms with Crippen LogP contribution in [0.25, 0.3) is 0 Å². The number of rotatable bonds is 4. The van der Waals surface area contributed by atoms with Gasteiger partial charge in [0.05, 0.1) is 0 Å². The number of hydrogen-bond donors (Lipinski definition) is 1. The Hall–Kier alpha value is -1.62. The molecule has 0 aliphatic carbocycles. The molecule has 0 aromatic heterocycles. The number of carbonyl (C=O) groups is 2. The predicted octanol–water partition coefficient (Wildman–Crippen LogP) is 3.34. The summed E-state index contributed by atoms with van der Waals surface area (Å²) in [6, 6.07) is 3.65. The van der Waals surface area contributed by atoms with Gasteiger partial charge in [0.1, 0.15) is 5.82 Å². The molecule has 6 heteroatoms. The summed E-state index contributed by atoms with van der Waals surface area (Å²) in [4.78, 5) is 24.9. The molecule has 4 nitrogen and oxygen atoms in total. The van der Waals surface area contributed by atoms with Crippen LogP contribution in [-0.2, 0) is 4.79 Å². The largest absolute Gasteiger partial charge is 0.481 e. The molecule has 1 aromatic carbocycles. The van der Waals surface area contributed by atoms with E-state index in [1.807, 2.05) is 0 Å². The number of hydrogen-bond acceptors (Lipinski definition) is 2. The first-order chi connectivity index (χ1) is 9.97. The van der Waals surface area contributed by atoms with Crippen molar-refractivity contribution >= 4 is 23.5 Å². The van der Waals surface area contributed by atoms with Gasteiger partial charge in [0.15, 0.2) is 0 Å². The molecule has 1 aliphatic rings. The number of carboxylic acid groups (broad SMARTS) is 1. The van der Waals surface area contributed by atoms with Crippen molar-refractivity contribution in [2.24, 2.45) is 0 Å². The van der Waals surface area contributed by atoms with Gasteiger partial charge in [0.2, 0.25) is 0 Å². The third-order valence-electron chi connectivity index (χ3n) is 3.69. The molecule has 1 unspecified atom stereocenters. The van der Waals surface area contributed by atoms with Gasteiger partial charge in [-0.2, -0.15) is 0 Å². The highest BCUT2D eigenvalue weighted by atomic mass is 35.5. The van der Waals surface area contributed by atoms with Gasteiger partial charge >= 0.3 is 5.97 Å². The van der Waals surface area contributed by atoms with E-state index in [0.717, 1.165) is 31.4 Å². The molecule has 1 aliphatic heterocycles. The molecule has 1 atom stereocenters. The Kier molecular flexibility index (Phi) is 5.17. The molecule has 0 bridgehead atoms. The van der Waals surface area contributed by atoms with Crippen LogP contribution < -0.4 is 0 Å². The zero-order valence-corrected chi connectivity index (χ0v) is 12.3. The zero-order chi connectivity index (χ0) is 15.4. The number of halogens is 2. The van der Waals surface area contributed by atoms with Crippen molar-refractivity contribution in [3.63, 3.8) is 0 Å². The normalized spacial score (nSPS) is 18.6. The molecule has 0 spiro atoms. The van der Waals surface area contributed by atoms with Gasteiger partial charge in [-0.15, -0.1) is 0 Å². The average Bonchev–Trinajstić information content (AvgIpc) is 2.43. The maximum absolute atomic E-state index is 13.4. The predicted molar refractivity (Wildman–Crippen MR) is 77.0 cm³/mol. The van der Waals surface area contributed by atoms with Gasteiger partial charge in [0, 0.05) is 29.6 Å². The summed E-state index contributed by atoms with van der Waals surface area (Å²) in [6.45, 7) is 0.567. The minimum atomic E-state index is -0.873. The number of aliphatic carboxylic acids is 1. The Bertz CT molecular complexity index is 529. The Balaban J connectivity index is 2.15. The first-order valence-corrected chi connectivity index (χ1v) is 7.34. The molecular formula is C15H17ClFNO3. The number of carboxylic acids is 1. The molecule has 21 heavy (non-hydrogen) atoms. The van der Waals surface area contributed by atoms with Gasteiger partial charge in [-0.25, -0.2) is 4.39 Å². The topological polar surface area (TPSA) is 57.6 Å². The third kappa shape index (κ3) is 4.17. The molecule has 2 rings (SSSR count). The van der Waals surface area contributed by atoms with Crippen LogP contribution in [0.1, 0.15) is 42.5 Å². The maximum atomic E-state index is 13.4. The monoisotopic (exact) mass is 313 g/mol. The lowest BCUT2D eigenvalue weighted by Gasteiger charge is -2.35. The fourth-order valence-electron chi connectivity index (χ4n) is 2.70. The van der Waals surface area contributed by atoms with Crippen LogP contribution in [0.2, 0.25) is 5.02 Å². The summed E-state index contributed by atoms with van der Waals surface area (Å²) in [5, 5.41) is 8.97. The molecule has 1 N–H and O–H groups in total. The molecule has 1 aromatic rings. The van der Waals surface area contributed by atoms with E-state index in [9.17, 15) is 14.0 Å². The van der Waals surface area contributed by atoms with E-state index in [4.69, 9.17) is 16.7 Å². The van der Waals surface area contributed by atoms with Crippen molar-refractivity contribution < 1.29 is 19.1 Å². The van der Waals surface area contributed by atoms with Crippen LogP contribution in [0.15, 0.2) is 18.2 Å². The first-order valence-electron chi connectivity index (χ1n) is 6.96. The summed E-state index contributed by atoms with van der Waals surface area (Å²) in [5.41, 5.74) is 0.210. The van der Waals surface area contributed by atoms with E-state index in [1.165, 1.54) is 6.07 Å². The van der Waals surface area contributed by atoms with E-state index in [-0.39, 0.29) is 29.0 Å². The lowest BCUT2D eigenvalue weighted by molar-refractivity contribution is -0.137. The van der Waals surface area contributed by atoms with Crippen LogP contribution in [-0.4, -0.2) is 34.5 Å². The van der Waals surface area contributed by atoms with Gasteiger partial charge in [-0.1, -0.05) is 11.6 Å². The van der Waals surface area contributed by atoms with E-state index in [1.54, 1.807) is 4.90 Å². The van der Waals surface area contributed by atoms with Crippen molar-refractivity contribution in [3.05, 3.63) is 34.6 Å². The standard InChI is InChI=1S/C15H17ClFNO3/c16-11-7-10(8-12(17)9-11)15(21)18-6-2-1-3-13(18)4-5-14(19)20/h7-9,13H,1-6H2,(H,19,20). The second kappa shape index (κ2) is 6.89. The number of amides is 1. The molecule has 0 saturated carbocycles. The highest BCUT2D eigenvalue weighted by molar-refractivity contribution is 6.31. The first kappa shape index (κ1) is 15.8. The van der Waals surface area contributed by atoms with Gasteiger partial charge in [0.25, 0.3) is 5.91 Å². The zero-order valence-electron chi connectivity index (χ0n) is 11.5. The summed E-state index contributed by atoms with van der Waals surface area (Å²) in [5.74, 6) is -1.71. The van der Waals surface area contributed by atoms with E-state index in [2.05, 4.69) is 0 Å². The highest BCUT2D eigenvalue weighted by Crippen LogP contribution is 2.24. The Labute approximate surface area is 127 Å². The van der Waals surface area contributed by atoms with Crippen molar-refractivity contribution in [2.75, 3.05) is 6.54 Å². The van der Waals surface area contributed by atoms with E-state index in [0.29, 0.717) is 13.0 Å². The van der Waals surface area contributed by atoms with Crippen LogP contribution in [0, 0.1) is 5.82 Å². The number of carbonyl (C=O) groups excluding carboxylic acids is 1. The SMILES string of the molecule is O=C(O)CCC1CCCCN1C(=O)c1cc(F)cc(Cl)c1. The van der Waals surface area contributed by atoms with Crippen LogP contribution in [0.3, 0.4) is 0 Å². The third-order valence-corrected chi connectivity index (χ3v) is 3.91. The summed E-state index contributed by atoms with van der Waals surface area (Å²) >= 11 is 5.78. The molecule has 114 valence electrons. The number of likely N-dealkylation sites (tertiary alicyclic amines) is 1. The maximum Gasteiger partial charge on any atom is 0.303 e. The Morgan fingerprint density at radius 2 is 2.10 bits per heavy atom. The number of benzene rings is 1. The molecule has 1 fully saturated rings. The molecule has 1 heterocycles. The molecular weight excluding hydrogens is 297 g/mol. The minimum Gasteiger partial charge on any atom is -0.481 e. The van der Waals surface area contributed by atoms with Crippen molar-refractivity contribution in [1.29, 1.82) is 0 Å². The fourth-order valence-corrected chi connectivity index (χ4v) is 2.92. The Morgan fingerprint density at radius 3 is 2.76 bits per heavy atom. The van der Waals surface area contributed by atoms with E-state index >= 15 is 0 Å². The van der Waals surface area contributed by atoms with Crippen LogP contribution in [0.4, 0.5) is 4.39 Å². The second-order valence-electron chi connectivity index (χ2n) is 5.24. The minimum absolute atomic E-state index is 0.0261. The molecule has 1 saturated heterocycles. The van der Waals surface area contributed by atoms with Crippen LogP contribution >= 0.6 is 11.6 Å². The second-order valence-corrected chi connectivity index (χ2v) is 5.68. The summed E-state index contributed by atoms with van der Waals surface area (Å²) in [7, 11) is 0. The smallest absolute Gasteiger partial charge is 0.303 e. The highest BCUT2D eigenvalue weighted by Gasteiger charge is 2.28. The van der Waals surface area contributed by atoms with Crippen LogP contribution in [0.5, 0.6) is 0 Å². The Morgan fingerprint density at radius 1 is 1.33 bits per heavy atom. The average molecular weight is 314 g/mol. The summed E-state index contributed by atoms with van der Waals surface area (Å²) < 4.78 is 13.4. The molecule has 1 amide bonds. The van der Waals surface area contributed by atoms with Gasteiger partial charge in [-0.3, -0.25) is 9.59 Å². The molecule has 0 radical (unpaired) electrons. The van der Waals surface area contributed by atoms with Crippen molar-refractivity contribution in [3.8, 4) is 0 Å². The van der Waals surface area contributed by atoms with Crippen molar-refractivity contribution in [2.45, 2.75) is 38.1 Å². The quantitative estimate of drug-likeness (QED) is 0.927. The number of nitrogens with zero attached hydrogens (tertiary/aromatic N) is 1. The lowest BCUT2D eigenvalue weighted by atomic mass is 9.97. The van der Waals surface area contributed by atoms with Gasteiger partial charge in [-0.05, 0) is 43.9 Å². The fraction of sp³-hybridized carbons (Fsp3) is 0.467. The summed E-state index contributed by atoms with van der Waals surface area (Å²) in [6.07, 6.45) is 3.07. The lowest BCUT2D eigenvalue weighted by Crippen LogP contribution is -2.44. The van der Waals surface area contributed by atoms with Crippen molar-refractivity contribution in [1.82, 2.24) is 4.90 Å². The van der Waals surface area contributed by atoms with E-state index < -0.39 is 11.8 Å². The number of piperidine rings is 1. The van der Waals surface area contributed by atoms with Gasteiger partial charge < -0.3 is 10.0 Å².